The second-order valence-corrected chi connectivity index (χ2v) is 6.15. The molecule has 2 N–H and O–H groups in total. The second-order valence-electron chi connectivity index (χ2n) is 6.15. The highest BCUT2D eigenvalue weighted by molar-refractivity contribution is 5.79. The molecule has 1 unspecified atom stereocenters. The van der Waals surface area contributed by atoms with Crippen LogP contribution >= 0.6 is 0 Å². The fraction of sp³-hybridized carbons (Fsp3) is 0.350. The van der Waals surface area contributed by atoms with Gasteiger partial charge in [0.2, 0.25) is 5.91 Å². The standard InChI is InChI=1S/C20H25N3O/c1-2-23(18-6-4-3-5-7-18)19-10-8-16(9-11-19)14-22-20(24)17-12-13-21-15-17/h3-11,17,21H,2,12-15H2,1H3,(H,22,24). The molecule has 24 heavy (non-hydrogen) atoms. The summed E-state index contributed by atoms with van der Waals surface area (Å²) in [7, 11) is 0. The normalized spacial score (nSPS) is 16.8. The zero-order valence-electron chi connectivity index (χ0n) is 14.2. The van der Waals surface area contributed by atoms with E-state index in [0.29, 0.717) is 6.54 Å². The Labute approximate surface area is 143 Å². The molecule has 0 aliphatic carbocycles. The molecule has 1 fully saturated rings. The molecule has 4 nitrogen and oxygen atoms in total. The van der Waals surface area contributed by atoms with Crippen molar-refractivity contribution in [1.29, 1.82) is 0 Å². The Morgan fingerprint density at radius 3 is 2.46 bits per heavy atom. The maximum absolute atomic E-state index is 12.1. The Bertz CT molecular complexity index is 648. The van der Waals surface area contributed by atoms with E-state index in [2.05, 4.69) is 71.0 Å². The number of nitrogens with one attached hydrogen (secondary N) is 2. The largest absolute Gasteiger partial charge is 0.352 e. The van der Waals surface area contributed by atoms with E-state index >= 15 is 0 Å². The van der Waals surface area contributed by atoms with Crippen LogP contribution in [-0.2, 0) is 11.3 Å². The first-order valence-electron chi connectivity index (χ1n) is 8.68. The number of anilines is 2. The number of para-hydroxylation sites is 1. The zero-order valence-corrected chi connectivity index (χ0v) is 14.2. The average molecular weight is 323 g/mol. The van der Waals surface area contributed by atoms with E-state index < -0.39 is 0 Å². The summed E-state index contributed by atoms with van der Waals surface area (Å²) in [5.41, 5.74) is 3.48. The first kappa shape index (κ1) is 16.5. The number of carbonyl (C=O) groups is 1. The van der Waals surface area contributed by atoms with E-state index in [1.165, 1.54) is 11.4 Å². The van der Waals surface area contributed by atoms with Crippen LogP contribution in [0, 0.1) is 5.92 Å². The van der Waals surface area contributed by atoms with Crippen LogP contribution in [0.3, 0.4) is 0 Å². The van der Waals surface area contributed by atoms with Crippen molar-refractivity contribution in [2.24, 2.45) is 5.92 Å². The molecule has 3 rings (SSSR count). The minimum absolute atomic E-state index is 0.123. The molecule has 126 valence electrons. The lowest BCUT2D eigenvalue weighted by atomic mass is 10.1. The molecule has 2 aromatic carbocycles. The summed E-state index contributed by atoms with van der Waals surface area (Å²) in [6.07, 6.45) is 0.938. The molecule has 4 heteroatoms. The summed E-state index contributed by atoms with van der Waals surface area (Å²) in [5, 5.41) is 6.27. The number of amides is 1. The Kier molecular flexibility index (Phi) is 5.49. The third kappa shape index (κ3) is 3.95. The highest BCUT2D eigenvalue weighted by atomic mass is 16.1. The van der Waals surface area contributed by atoms with Crippen LogP contribution in [-0.4, -0.2) is 25.5 Å². The van der Waals surface area contributed by atoms with Gasteiger partial charge < -0.3 is 15.5 Å². The van der Waals surface area contributed by atoms with E-state index in [0.717, 1.165) is 31.6 Å². The quantitative estimate of drug-likeness (QED) is 0.859. The van der Waals surface area contributed by atoms with Crippen LogP contribution in [0.25, 0.3) is 0 Å². The van der Waals surface area contributed by atoms with E-state index in [9.17, 15) is 4.79 Å². The van der Waals surface area contributed by atoms with Gasteiger partial charge >= 0.3 is 0 Å². The Morgan fingerprint density at radius 1 is 1.12 bits per heavy atom. The smallest absolute Gasteiger partial charge is 0.224 e. The molecule has 0 bridgehead atoms. The van der Waals surface area contributed by atoms with Gasteiger partial charge in [-0.15, -0.1) is 0 Å². The molecule has 1 heterocycles. The van der Waals surface area contributed by atoms with Crippen molar-refractivity contribution in [3.63, 3.8) is 0 Å². The minimum atomic E-state index is 0.123. The van der Waals surface area contributed by atoms with Gasteiger partial charge in [0.25, 0.3) is 0 Å². The molecule has 1 amide bonds. The lowest BCUT2D eigenvalue weighted by Gasteiger charge is -2.23. The third-order valence-corrected chi connectivity index (χ3v) is 4.53. The molecule has 1 aliphatic heterocycles. The fourth-order valence-corrected chi connectivity index (χ4v) is 3.13. The zero-order chi connectivity index (χ0) is 16.8. The monoisotopic (exact) mass is 323 g/mol. The van der Waals surface area contributed by atoms with Crippen molar-refractivity contribution in [3.8, 4) is 0 Å². The number of hydrogen-bond donors (Lipinski definition) is 2. The van der Waals surface area contributed by atoms with Crippen LogP contribution in [0.2, 0.25) is 0 Å². The summed E-state index contributed by atoms with van der Waals surface area (Å²) in [5.74, 6) is 0.279. The molecule has 0 radical (unpaired) electrons. The van der Waals surface area contributed by atoms with Gasteiger partial charge in [-0.05, 0) is 49.7 Å². The Hall–Kier alpha value is -2.33. The molecular formula is C20H25N3O. The van der Waals surface area contributed by atoms with Crippen LogP contribution in [0.15, 0.2) is 54.6 Å². The Morgan fingerprint density at radius 2 is 1.83 bits per heavy atom. The van der Waals surface area contributed by atoms with Gasteiger partial charge in [-0.2, -0.15) is 0 Å². The van der Waals surface area contributed by atoms with Gasteiger partial charge in [0.15, 0.2) is 0 Å². The lowest BCUT2D eigenvalue weighted by molar-refractivity contribution is -0.124. The van der Waals surface area contributed by atoms with Gasteiger partial charge in [-0.1, -0.05) is 30.3 Å². The maximum Gasteiger partial charge on any atom is 0.224 e. The minimum Gasteiger partial charge on any atom is -0.352 e. The maximum atomic E-state index is 12.1. The SMILES string of the molecule is CCN(c1ccccc1)c1ccc(CNC(=O)C2CCNC2)cc1. The van der Waals surface area contributed by atoms with Crippen molar-refractivity contribution >= 4 is 17.3 Å². The molecule has 2 aromatic rings. The van der Waals surface area contributed by atoms with Crippen molar-refractivity contribution in [2.45, 2.75) is 19.9 Å². The van der Waals surface area contributed by atoms with Crippen molar-refractivity contribution in [2.75, 3.05) is 24.5 Å². The van der Waals surface area contributed by atoms with Crippen molar-refractivity contribution in [1.82, 2.24) is 10.6 Å². The predicted molar refractivity (Wildman–Crippen MR) is 98.4 cm³/mol. The van der Waals surface area contributed by atoms with Gasteiger partial charge in [-0.25, -0.2) is 0 Å². The average Bonchev–Trinajstić information content (AvgIpc) is 3.17. The number of carbonyl (C=O) groups excluding carboxylic acids is 1. The highest BCUT2D eigenvalue weighted by Gasteiger charge is 2.21. The fourth-order valence-electron chi connectivity index (χ4n) is 3.13. The topological polar surface area (TPSA) is 44.4 Å². The third-order valence-electron chi connectivity index (χ3n) is 4.53. The first-order valence-corrected chi connectivity index (χ1v) is 8.68. The van der Waals surface area contributed by atoms with Crippen molar-refractivity contribution < 1.29 is 4.79 Å². The second kappa shape index (κ2) is 7.97. The number of hydrogen-bond acceptors (Lipinski definition) is 3. The first-order chi connectivity index (χ1) is 11.8. The summed E-state index contributed by atoms with van der Waals surface area (Å²) < 4.78 is 0. The van der Waals surface area contributed by atoms with Gasteiger partial charge in [0.05, 0.1) is 5.92 Å². The highest BCUT2D eigenvalue weighted by Crippen LogP contribution is 2.25. The van der Waals surface area contributed by atoms with Crippen molar-refractivity contribution in [3.05, 3.63) is 60.2 Å². The predicted octanol–water partition coefficient (Wildman–Crippen LogP) is 3.07. The van der Waals surface area contributed by atoms with Gasteiger partial charge in [0.1, 0.15) is 0 Å². The van der Waals surface area contributed by atoms with Crippen LogP contribution in [0.1, 0.15) is 18.9 Å². The van der Waals surface area contributed by atoms with E-state index in [-0.39, 0.29) is 11.8 Å². The van der Waals surface area contributed by atoms with E-state index in [1.807, 2.05) is 6.07 Å². The number of benzene rings is 2. The van der Waals surface area contributed by atoms with Crippen LogP contribution < -0.4 is 15.5 Å². The number of rotatable bonds is 6. The molecule has 0 aromatic heterocycles. The number of nitrogens with zero attached hydrogens (tertiary/aromatic N) is 1. The van der Waals surface area contributed by atoms with E-state index in [1.54, 1.807) is 0 Å². The van der Waals surface area contributed by atoms with Gasteiger partial charge in [-0.3, -0.25) is 4.79 Å². The molecular weight excluding hydrogens is 298 g/mol. The van der Waals surface area contributed by atoms with Crippen LogP contribution in [0.5, 0.6) is 0 Å². The Balaban J connectivity index is 1.61. The molecule has 0 spiro atoms. The summed E-state index contributed by atoms with van der Waals surface area (Å²) in [6.45, 7) is 5.39. The van der Waals surface area contributed by atoms with Gasteiger partial charge in [0, 0.05) is 31.0 Å². The summed E-state index contributed by atoms with van der Waals surface area (Å²) in [6, 6.07) is 18.8. The summed E-state index contributed by atoms with van der Waals surface area (Å²) >= 11 is 0. The lowest BCUT2D eigenvalue weighted by Crippen LogP contribution is -2.31. The molecule has 1 atom stereocenters. The van der Waals surface area contributed by atoms with Crippen LogP contribution in [0.4, 0.5) is 11.4 Å². The molecule has 1 aliphatic rings. The van der Waals surface area contributed by atoms with E-state index in [4.69, 9.17) is 0 Å². The molecule has 1 saturated heterocycles. The molecule has 0 saturated carbocycles. The summed E-state index contributed by atoms with van der Waals surface area (Å²) in [4.78, 5) is 14.3.